The van der Waals surface area contributed by atoms with Crippen LogP contribution in [-0.2, 0) is 4.79 Å². The first-order valence-electron chi connectivity index (χ1n) is 11.1. The van der Waals surface area contributed by atoms with Crippen LogP contribution < -0.4 is 16.4 Å². The van der Waals surface area contributed by atoms with Gasteiger partial charge in [-0.25, -0.2) is 9.97 Å². The van der Waals surface area contributed by atoms with E-state index in [2.05, 4.69) is 21.4 Å². The molecule has 0 saturated carbocycles. The average Bonchev–Trinajstić information content (AvgIpc) is 3.20. The first-order chi connectivity index (χ1) is 17.6. The Bertz CT molecular complexity index is 1630. The second-order valence-electron chi connectivity index (χ2n) is 7.91. The Balaban J connectivity index is 1.50. The van der Waals surface area contributed by atoms with Crippen molar-refractivity contribution in [2.75, 3.05) is 16.4 Å². The number of aliphatic imine (C=N–C) groups is 1. The number of carbonyl (C=O) groups excluding carboxylic acids is 1. The van der Waals surface area contributed by atoms with Gasteiger partial charge >= 0.3 is 0 Å². The second-order valence-corrected chi connectivity index (χ2v) is 7.91. The van der Waals surface area contributed by atoms with Crippen LogP contribution in [0.1, 0.15) is 5.56 Å². The van der Waals surface area contributed by atoms with Crippen molar-refractivity contribution in [1.82, 2.24) is 9.97 Å². The van der Waals surface area contributed by atoms with Gasteiger partial charge < -0.3 is 21.8 Å². The van der Waals surface area contributed by atoms with Crippen LogP contribution in [0.3, 0.4) is 0 Å². The Labute approximate surface area is 207 Å². The molecule has 36 heavy (non-hydrogen) atoms. The van der Waals surface area contributed by atoms with Gasteiger partial charge in [-0.2, -0.15) is 0 Å². The molecule has 0 saturated heterocycles. The minimum atomic E-state index is -0.317. The van der Waals surface area contributed by atoms with Crippen molar-refractivity contribution in [2.45, 2.75) is 0 Å². The molecule has 0 spiro atoms. The molecule has 174 valence electrons. The lowest BCUT2D eigenvalue weighted by atomic mass is 10.1. The average molecular weight is 472 g/mol. The van der Waals surface area contributed by atoms with E-state index < -0.39 is 0 Å². The smallest absolute Gasteiger partial charge is 0.265 e. The summed E-state index contributed by atoms with van der Waals surface area (Å²) in [7, 11) is 0. The number of hydrogen-bond acceptors (Lipinski definition) is 7. The van der Waals surface area contributed by atoms with Crippen LogP contribution in [-0.4, -0.2) is 28.3 Å². The van der Waals surface area contributed by atoms with Gasteiger partial charge in [0.15, 0.2) is 5.82 Å². The summed E-state index contributed by atoms with van der Waals surface area (Å²) < 4.78 is 0. The summed E-state index contributed by atoms with van der Waals surface area (Å²) >= 11 is 0. The largest absolute Gasteiger partial charge is 0.398 e. The highest BCUT2D eigenvalue weighted by Gasteiger charge is 2.13. The number of aromatic nitrogens is 2. The van der Waals surface area contributed by atoms with Gasteiger partial charge in [0, 0.05) is 52.2 Å². The normalized spacial score (nSPS) is 12.2. The fraction of sp³-hybridized carbons (Fsp3) is 0. The third-order valence-electron chi connectivity index (χ3n) is 5.44. The number of nitrogen functional groups attached to an aromatic ring is 1. The third-order valence-corrected chi connectivity index (χ3v) is 5.44. The van der Waals surface area contributed by atoms with E-state index in [-0.39, 0.29) is 5.91 Å². The zero-order chi connectivity index (χ0) is 24.9. The number of anilines is 4. The van der Waals surface area contributed by atoms with Crippen molar-refractivity contribution in [3.63, 3.8) is 0 Å². The van der Waals surface area contributed by atoms with Crippen LogP contribution in [0.15, 0.2) is 101 Å². The lowest BCUT2D eigenvalue weighted by Crippen LogP contribution is -2.14. The molecule has 2 heterocycles. The molecule has 1 aromatic heterocycles. The molecule has 0 bridgehead atoms. The van der Waals surface area contributed by atoms with Gasteiger partial charge in [0.25, 0.3) is 5.91 Å². The predicted octanol–water partition coefficient (Wildman–Crippen LogP) is 5.24. The molecule has 0 aliphatic carbocycles. The number of fused-ring (bicyclic) bond motifs is 1. The zero-order valence-electron chi connectivity index (χ0n) is 19.1. The van der Waals surface area contributed by atoms with E-state index in [1.807, 2.05) is 48.5 Å². The number of benzene rings is 3. The van der Waals surface area contributed by atoms with Crippen molar-refractivity contribution in [3.8, 4) is 11.4 Å². The summed E-state index contributed by atoms with van der Waals surface area (Å²) in [5, 5.41) is 14.6. The van der Waals surface area contributed by atoms with E-state index in [4.69, 9.17) is 21.1 Å². The Hall–Kier alpha value is -5.33. The first kappa shape index (κ1) is 22.5. The van der Waals surface area contributed by atoms with Crippen LogP contribution in [0.5, 0.6) is 0 Å². The molecule has 8 nitrogen and oxygen atoms in total. The van der Waals surface area contributed by atoms with Gasteiger partial charge in [-0.1, -0.05) is 24.3 Å². The van der Waals surface area contributed by atoms with Crippen molar-refractivity contribution in [3.05, 3.63) is 102 Å². The fourth-order valence-corrected chi connectivity index (χ4v) is 3.66. The Kier molecular flexibility index (Phi) is 6.17. The van der Waals surface area contributed by atoms with Gasteiger partial charge in [0.2, 0.25) is 0 Å². The molecule has 3 aromatic carbocycles. The molecule has 1 aliphatic heterocycles. The topological polar surface area (TPSA) is 129 Å². The molecule has 0 radical (unpaired) electrons. The summed E-state index contributed by atoms with van der Waals surface area (Å²) in [5.74, 6) is 0.792. The van der Waals surface area contributed by atoms with E-state index in [1.54, 1.807) is 36.6 Å². The van der Waals surface area contributed by atoms with E-state index in [9.17, 15) is 4.79 Å². The summed E-state index contributed by atoms with van der Waals surface area (Å²) in [6.07, 6.45) is 7.61. The minimum Gasteiger partial charge on any atom is -0.398 e. The lowest BCUT2D eigenvalue weighted by Gasteiger charge is -2.13. The molecule has 0 atom stereocenters. The number of hydrogen-bond donors (Lipinski definition) is 4. The number of para-hydroxylation sites is 1. The number of carbonyl (C=O) groups is 1. The van der Waals surface area contributed by atoms with Crippen molar-refractivity contribution in [1.29, 1.82) is 5.41 Å². The van der Waals surface area contributed by atoms with Gasteiger partial charge in [0.1, 0.15) is 5.82 Å². The molecule has 5 N–H and O–H groups in total. The summed E-state index contributed by atoms with van der Waals surface area (Å²) in [6.45, 7) is 0. The maximum absolute atomic E-state index is 12.7. The summed E-state index contributed by atoms with van der Waals surface area (Å²) in [6, 6.07) is 20.4. The molecule has 8 heteroatoms. The highest BCUT2D eigenvalue weighted by Crippen LogP contribution is 2.29. The van der Waals surface area contributed by atoms with E-state index >= 15 is 0 Å². The van der Waals surface area contributed by atoms with Crippen LogP contribution in [0.4, 0.5) is 22.9 Å². The number of nitrogens with zero attached hydrogens (tertiary/aromatic N) is 3. The van der Waals surface area contributed by atoms with Crippen molar-refractivity contribution < 1.29 is 4.79 Å². The Morgan fingerprint density at radius 1 is 1.00 bits per heavy atom. The summed E-state index contributed by atoms with van der Waals surface area (Å²) in [5.41, 5.74) is 13.1. The number of nitrogens with one attached hydrogen (secondary N) is 3. The second kappa shape index (κ2) is 9.89. The number of nitrogens with two attached hydrogens (primary N) is 1. The number of amides is 1. The van der Waals surface area contributed by atoms with Gasteiger partial charge in [-0.05, 0) is 54.6 Å². The molecule has 0 fully saturated rings. The highest BCUT2D eigenvalue weighted by molar-refractivity contribution is 6.17. The highest BCUT2D eigenvalue weighted by atomic mass is 16.1. The zero-order valence-corrected chi connectivity index (χ0v) is 19.1. The van der Waals surface area contributed by atoms with Crippen LogP contribution >= 0.6 is 0 Å². The van der Waals surface area contributed by atoms with E-state index in [1.165, 1.54) is 12.4 Å². The summed E-state index contributed by atoms with van der Waals surface area (Å²) in [4.78, 5) is 26.2. The predicted molar refractivity (Wildman–Crippen MR) is 145 cm³/mol. The van der Waals surface area contributed by atoms with Crippen molar-refractivity contribution >= 4 is 52.1 Å². The third kappa shape index (κ3) is 4.79. The molecular formula is C28H21N7O. The quantitative estimate of drug-likeness (QED) is 0.174. The van der Waals surface area contributed by atoms with Crippen molar-refractivity contribution in [2.24, 2.45) is 4.99 Å². The van der Waals surface area contributed by atoms with Gasteiger partial charge in [0.05, 0.1) is 11.1 Å². The van der Waals surface area contributed by atoms with E-state index in [0.717, 1.165) is 22.2 Å². The molecule has 0 unspecified atom stereocenters. The first-order valence-corrected chi connectivity index (χ1v) is 11.1. The number of rotatable bonds is 6. The maximum atomic E-state index is 12.7. The molecule has 1 aliphatic rings. The SMILES string of the molecule is N=Cc1cc(Nc2nc(-c3cccc(NC(=O)C4=C=CC=CN=C4)c3)nc3ccccc23)ccc1N. The maximum Gasteiger partial charge on any atom is 0.265 e. The monoisotopic (exact) mass is 471 g/mol. The van der Waals surface area contributed by atoms with E-state index in [0.29, 0.717) is 34.2 Å². The Morgan fingerprint density at radius 3 is 2.78 bits per heavy atom. The molecule has 5 rings (SSSR count). The van der Waals surface area contributed by atoms with Crippen LogP contribution in [0.25, 0.3) is 22.3 Å². The lowest BCUT2D eigenvalue weighted by molar-refractivity contribution is -0.112. The van der Waals surface area contributed by atoms with Gasteiger partial charge in [-0.15, -0.1) is 5.73 Å². The Morgan fingerprint density at radius 2 is 1.89 bits per heavy atom. The van der Waals surface area contributed by atoms with Crippen LogP contribution in [0, 0.1) is 5.41 Å². The number of allylic oxidation sites excluding steroid dienone is 1. The van der Waals surface area contributed by atoms with Gasteiger partial charge in [-0.3, -0.25) is 9.79 Å². The minimum absolute atomic E-state index is 0.317. The fourth-order valence-electron chi connectivity index (χ4n) is 3.66. The standard InChI is InChI=1S/C28H21N7O/c29-16-20-15-22(11-12-24(20)30)32-27-23-9-1-2-10-25(23)34-26(35-27)18-7-5-8-21(14-18)33-28(36)19-6-3-4-13-31-17-19/h1-5,7-17,29H,30H2,(H,33,36)(H,32,34,35). The molecular weight excluding hydrogens is 450 g/mol. The molecule has 1 amide bonds. The molecule has 4 aromatic rings. The van der Waals surface area contributed by atoms with Crippen LogP contribution in [0.2, 0.25) is 0 Å².